The molecule has 0 saturated carbocycles. The lowest BCUT2D eigenvalue weighted by molar-refractivity contribution is 0.122. The Hall–Kier alpha value is -2.72. The molecule has 166 valence electrons. The van der Waals surface area contributed by atoms with Crippen molar-refractivity contribution in [3.8, 4) is 0 Å². The highest BCUT2D eigenvalue weighted by Gasteiger charge is 2.28. The lowest BCUT2D eigenvalue weighted by atomic mass is 10.3. The first-order chi connectivity index (χ1) is 15.3. The van der Waals surface area contributed by atoms with E-state index in [1.54, 1.807) is 0 Å². The van der Waals surface area contributed by atoms with Gasteiger partial charge in [0.05, 0.1) is 13.2 Å². The molecule has 0 aliphatic carbocycles. The number of hydrogen-bond acceptors (Lipinski definition) is 9. The molecule has 2 aromatic heterocycles. The summed E-state index contributed by atoms with van der Waals surface area (Å²) < 4.78 is 21.0. The van der Waals surface area contributed by atoms with E-state index < -0.39 is 0 Å². The van der Waals surface area contributed by atoms with Gasteiger partial charge < -0.3 is 29.7 Å². The molecule has 0 aromatic carbocycles. The standard InChI is InChI=1S/C21H29FN8O/c22-18-19(28-7-5-23-6-8-28)25-21(26-20(18)29-13-15-31-16-14-29)30-11-9-27(10-12-30)17-3-1-2-4-24-17/h1-4,23H,5-16H2. The fraction of sp³-hybridized carbons (Fsp3) is 0.571. The number of piperazine rings is 2. The first-order valence-electron chi connectivity index (χ1n) is 11.1. The molecule has 0 bridgehead atoms. The van der Waals surface area contributed by atoms with Crippen molar-refractivity contribution in [1.82, 2.24) is 20.3 Å². The minimum absolute atomic E-state index is 0.320. The van der Waals surface area contributed by atoms with Crippen molar-refractivity contribution in [2.75, 3.05) is 98.3 Å². The average molecular weight is 429 g/mol. The molecule has 2 aromatic rings. The molecule has 3 saturated heterocycles. The number of rotatable bonds is 4. The number of aromatic nitrogens is 3. The van der Waals surface area contributed by atoms with Gasteiger partial charge in [-0.2, -0.15) is 14.4 Å². The van der Waals surface area contributed by atoms with E-state index in [1.165, 1.54) is 0 Å². The van der Waals surface area contributed by atoms with Gasteiger partial charge in [0.25, 0.3) is 0 Å². The van der Waals surface area contributed by atoms with Gasteiger partial charge in [-0.1, -0.05) is 6.07 Å². The molecule has 0 atom stereocenters. The van der Waals surface area contributed by atoms with Crippen LogP contribution >= 0.6 is 0 Å². The summed E-state index contributed by atoms with van der Waals surface area (Å²) in [7, 11) is 0. The van der Waals surface area contributed by atoms with Gasteiger partial charge in [0.15, 0.2) is 11.6 Å². The fourth-order valence-corrected chi connectivity index (χ4v) is 4.30. The van der Waals surface area contributed by atoms with Gasteiger partial charge in [0.2, 0.25) is 11.8 Å². The summed E-state index contributed by atoms with van der Waals surface area (Å²) in [6.07, 6.45) is 1.82. The minimum atomic E-state index is -0.320. The van der Waals surface area contributed by atoms with Crippen molar-refractivity contribution in [3.63, 3.8) is 0 Å². The molecule has 5 heterocycles. The van der Waals surface area contributed by atoms with E-state index in [9.17, 15) is 0 Å². The molecule has 5 rings (SSSR count). The molecule has 3 aliphatic heterocycles. The maximum absolute atomic E-state index is 15.6. The Morgan fingerprint density at radius 2 is 1.42 bits per heavy atom. The molecular formula is C21H29FN8O. The number of nitrogens with zero attached hydrogens (tertiary/aromatic N) is 7. The summed E-state index contributed by atoms with van der Waals surface area (Å²) in [5.41, 5.74) is 0. The van der Waals surface area contributed by atoms with Gasteiger partial charge in [0.1, 0.15) is 5.82 Å². The third kappa shape index (κ3) is 4.35. The monoisotopic (exact) mass is 428 g/mol. The Morgan fingerprint density at radius 1 is 0.774 bits per heavy atom. The molecule has 1 N–H and O–H groups in total. The SMILES string of the molecule is Fc1c(N2CCNCC2)nc(N2CCN(c3ccccn3)CC2)nc1N1CCOCC1. The topological polar surface area (TPSA) is 72.9 Å². The summed E-state index contributed by atoms with van der Waals surface area (Å²) in [5.74, 6) is 2.09. The van der Waals surface area contributed by atoms with Crippen LogP contribution in [-0.2, 0) is 4.74 Å². The van der Waals surface area contributed by atoms with E-state index in [2.05, 4.69) is 20.1 Å². The van der Waals surface area contributed by atoms with Crippen LogP contribution < -0.4 is 24.9 Å². The zero-order valence-corrected chi connectivity index (χ0v) is 17.7. The Balaban J connectivity index is 1.41. The third-order valence-electron chi connectivity index (χ3n) is 6.07. The van der Waals surface area contributed by atoms with E-state index in [0.29, 0.717) is 43.9 Å². The van der Waals surface area contributed by atoms with Gasteiger partial charge in [-0.3, -0.25) is 0 Å². The molecule has 0 radical (unpaired) electrons. The normalized spacial score (nSPS) is 20.3. The summed E-state index contributed by atoms with van der Waals surface area (Å²) in [6, 6.07) is 5.96. The molecule has 10 heteroatoms. The van der Waals surface area contributed by atoms with Gasteiger partial charge in [-0.05, 0) is 12.1 Å². The van der Waals surface area contributed by atoms with Crippen LogP contribution in [0.2, 0.25) is 0 Å². The molecule has 3 aliphatic rings. The number of nitrogens with one attached hydrogen (secondary N) is 1. The average Bonchev–Trinajstić information content (AvgIpc) is 2.86. The van der Waals surface area contributed by atoms with Crippen molar-refractivity contribution in [2.24, 2.45) is 0 Å². The van der Waals surface area contributed by atoms with Gasteiger partial charge in [-0.25, -0.2) is 4.98 Å². The molecule has 3 fully saturated rings. The maximum Gasteiger partial charge on any atom is 0.229 e. The van der Waals surface area contributed by atoms with Gasteiger partial charge in [0, 0.05) is 71.6 Å². The van der Waals surface area contributed by atoms with Crippen molar-refractivity contribution in [3.05, 3.63) is 30.2 Å². The van der Waals surface area contributed by atoms with E-state index in [0.717, 1.165) is 58.2 Å². The van der Waals surface area contributed by atoms with Crippen LogP contribution in [-0.4, -0.2) is 93.6 Å². The molecule has 0 spiro atoms. The summed E-state index contributed by atoms with van der Waals surface area (Å²) in [5, 5.41) is 3.32. The first-order valence-corrected chi connectivity index (χ1v) is 11.1. The Bertz CT molecular complexity index is 826. The number of anilines is 4. The largest absolute Gasteiger partial charge is 0.378 e. The number of pyridine rings is 1. The van der Waals surface area contributed by atoms with Crippen LogP contribution in [0.1, 0.15) is 0 Å². The highest BCUT2D eigenvalue weighted by Crippen LogP contribution is 2.29. The lowest BCUT2D eigenvalue weighted by Gasteiger charge is -2.37. The Kier molecular flexibility index (Phi) is 5.99. The summed E-state index contributed by atoms with van der Waals surface area (Å²) >= 11 is 0. The second kappa shape index (κ2) is 9.19. The zero-order chi connectivity index (χ0) is 21.0. The summed E-state index contributed by atoms with van der Waals surface area (Å²) in [6.45, 7) is 8.78. The van der Waals surface area contributed by atoms with Gasteiger partial charge in [-0.15, -0.1) is 0 Å². The molecule has 0 amide bonds. The van der Waals surface area contributed by atoms with Crippen molar-refractivity contribution < 1.29 is 9.13 Å². The van der Waals surface area contributed by atoms with Crippen LogP contribution in [0, 0.1) is 5.82 Å². The van der Waals surface area contributed by atoms with E-state index in [4.69, 9.17) is 14.7 Å². The number of morpholine rings is 1. The van der Waals surface area contributed by atoms with E-state index >= 15 is 4.39 Å². The Labute approximate surface area is 181 Å². The molecule has 9 nitrogen and oxygen atoms in total. The second-order valence-corrected chi connectivity index (χ2v) is 7.98. The lowest BCUT2D eigenvalue weighted by Crippen LogP contribution is -2.48. The van der Waals surface area contributed by atoms with Crippen molar-refractivity contribution in [2.45, 2.75) is 0 Å². The highest BCUT2D eigenvalue weighted by atomic mass is 19.1. The van der Waals surface area contributed by atoms with Gasteiger partial charge >= 0.3 is 0 Å². The van der Waals surface area contributed by atoms with E-state index in [1.807, 2.05) is 34.2 Å². The predicted octanol–water partition coefficient (Wildman–Crippen LogP) is 0.584. The molecule has 0 unspecified atom stereocenters. The Morgan fingerprint density at radius 3 is 2.06 bits per heavy atom. The van der Waals surface area contributed by atoms with Crippen LogP contribution in [0.3, 0.4) is 0 Å². The predicted molar refractivity (Wildman–Crippen MR) is 119 cm³/mol. The smallest absolute Gasteiger partial charge is 0.229 e. The summed E-state index contributed by atoms with van der Waals surface area (Å²) in [4.78, 5) is 22.3. The fourth-order valence-electron chi connectivity index (χ4n) is 4.30. The highest BCUT2D eigenvalue weighted by molar-refractivity contribution is 5.58. The number of halogens is 1. The quantitative estimate of drug-likeness (QED) is 0.753. The maximum atomic E-state index is 15.6. The third-order valence-corrected chi connectivity index (χ3v) is 6.07. The molecular weight excluding hydrogens is 399 g/mol. The van der Waals surface area contributed by atoms with Crippen LogP contribution in [0.25, 0.3) is 0 Å². The molecule has 31 heavy (non-hydrogen) atoms. The van der Waals surface area contributed by atoms with Crippen LogP contribution in [0.4, 0.5) is 27.8 Å². The van der Waals surface area contributed by atoms with Crippen LogP contribution in [0.5, 0.6) is 0 Å². The second-order valence-electron chi connectivity index (χ2n) is 7.98. The minimum Gasteiger partial charge on any atom is -0.378 e. The number of hydrogen-bond donors (Lipinski definition) is 1. The van der Waals surface area contributed by atoms with Crippen molar-refractivity contribution in [1.29, 1.82) is 0 Å². The van der Waals surface area contributed by atoms with Crippen molar-refractivity contribution >= 4 is 23.4 Å². The van der Waals surface area contributed by atoms with Crippen LogP contribution in [0.15, 0.2) is 24.4 Å². The zero-order valence-electron chi connectivity index (χ0n) is 17.7. The van der Waals surface area contributed by atoms with E-state index in [-0.39, 0.29) is 5.82 Å². The first kappa shape index (κ1) is 20.2. The number of ether oxygens (including phenoxy) is 1.